The largest absolute Gasteiger partial charge is 0.461 e. The molecule has 0 aromatic carbocycles. The molecule has 7 nitrogen and oxygen atoms in total. The number of hydrogen-bond donors (Lipinski definition) is 0. The van der Waals surface area contributed by atoms with Crippen LogP contribution in [0.2, 0.25) is 0 Å². The quantitative estimate of drug-likeness (QED) is 0.291. The summed E-state index contributed by atoms with van der Waals surface area (Å²) in [5.74, 6) is -0.431. The van der Waals surface area contributed by atoms with Crippen molar-refractivity contribution in [1.82, 2.24) is 9.47 Å². The molecule has 7 heteroatoms. The first-order chi connectivity index (χ1) is 14.1. The van der Waals surface area contributed by atoms with Gasteiger partial charge in [-0.15, -0.1) is 0 Å². The third kappa shape index (κ3) is 5.94. The van der Waals surface area contributed by atoms with Crippen LogP contribution in [-0.2, 0) is 20.8 Å². The number of nitrogens with zero attached hydrogens (tertiary/aromatic N) is 2. The zero-order valence-electron chi connectivity index (χ0n) is 19.8. The SMILES string of the molecule is CCOC(=O)c1c(C)c(C(=O)C(C)N(CCCOC)C(=O)CC(C)C)c(C)n1CC. The summed E-state index contributed by atoms with van der Waals surface area (Å²) in [6.45, 7) is 14.8. The van der Waals surface area contributed by atoms with Crippen molar-refractivity contribution in [1.29, 1.82) is 0 Å². The third-order valence-electron chi connectivity index (χ3n) is 5.30. The van der Waals surface area contributed by atoms with Gasteiger partial charge in [-0.2, -0.15) is 0 Å². The highest BCUT2D eigenvalue weighted by Gasteiger charge is 2.32. The number of ether oxygens (including phenoxy) is 2. The van der Waals surface area contributed by atoms with Crippen LogP contribution in [0.15, 0.2) is 0 Å². The lowest BCUT2D eigenvalue weighted by molar-refractivity contribution is -0.133. The molecule has 1 amide bonds. The Morgan fingerprint density at radius 1 is 1.10 bits per heavy atom. The first-order valence-corrected chi connectivity index (χ1v) is 10.8. The van der Waals surface area contributed by atoms with Gasteiger partial charge in [0.2, 0.25) is 5.91 Å². The number of esters is 1. The maximum absolute atomic E-state index is 13.5. The average Bonchev–Trinajstić information content (AvgIpc) is 2.93. The van der Waals surface area contributed by atoms with Crippen LogP contribution in [0.4, 0.5) is 0 Å². The van der Waals surface area contributed by atoms with E-state index in [2.05, 4.69) is 0 Å². The molecule has 0 aliphatic carbocycles. The van der Waals surface area contributed by atoms with Crippen molar-refractivity contribution in [2.45, 2.75) is 73.9 Å². The fraction of sp³-hybridized carbons (Fsp3) is 0.696. The molecule has 0 radical (unpaired) electrons. The molecule has 170 valence electrons. The molecule has 1 aromatic rings. The summed E-state index contributed by atoms with van der Waals surface area (Å²) in [4.78, 5) is 40.5. The molecule has 0 saturated carbocycles. The van der Waals surface area contributed by atoms with Crippen molar-refractivity contribution in [3.8, 4) is 0 Å². The lowest BCUT2D eigenvalue weighted by Gasteiger charge is -2.29. The van der Waals surface area contributed by atoms with Crippen LogP contribution in [0.5, 0.6) is 0 Å². The van der Waals surface area contributed by atoms with Crippen LogP contribution < -0.4 is 0 Å². The molecule has 1 aromatic heterocycles. The van der Waals surface area contributed by atoms with Gasteiger partial charge in [-0.3, -0.25) is 9.59 Å². The smallest absolute Gasteiger partial charge is 0.355 e. The molecule has 0 N–H and O–H groups in total. The molecule has 1 heterocycles. The van der Waals surface area contributed by atoms with E-state index in [1.807, 2.05) is 32.3 Å². The van der Waals surface area contributed by atoms with E-state index in [1.165, 1.54) is 0 Å². The van der Waals surface area contributed by atoms with Crippen LogP contribution in [0.25, 0.3) is 0 Å². The lowest BCUT2D eigenvalue weighted by atomic mass is 9.99. The zero-order chi connectivity index (χ0) is 23.0. The average molecular weight is 423 g/mol. The standard InChI is InChI=1S/C23H38N2O5/c1-9-24-17(6)20(16(5)21(24)23(28)30-10-2)22(27)18(7)25(12-11-13-29-8)19(26)14-15(3)4/h15,18H,9-14H2,1-8H3. The second-order valence-electron chi connectivity index (χ2n) is 7.97. The van der Waals surface area contributed by atoms with E-state index in [9.17, 15) is 14.4 Å². The van der Waals surface area contributed by atoms with Gasteiger partial charge in [0.1, 0.15) is 5.69 Å². The van der Waals surface area contributed by atoms with E-state index >= 15 is 0 Å². The van der Waals surface area contributed by atoms with Gasteiger partial charge in [-0.25, -0.2) is 4.79 Å². The summed E-state index contributed by atoms with van der Waals surface area (Å²) in [7, 11) is 1.62. The maximum atomic E-state index is 13.5. The molecule has 1 unspecified atom stereocenters. The van der Waals surface area contributed by atoms with E-state index in [0.717, 1.165) is 5.69 Å². The van der Waals surface area contributed by atoms with Gasteiger partial charge < -0.3 is 18.9 Å². The number of hydrogen-bond acceptors (Lipinski definition) is 5. The van der Waals surface area contributed by atoms with Crippen molar-refractivity contribution in [3.63, 3.8) is 0 Å². The lowest BCUT2D eigenvalue weighted by Crippen LogP contribution is -2.44. The van der Waals surface area contributed by atoms with Crippen molar-refractivity contribution < 1.29 is 23.9 Å². The van der Waals surface area contributed by atoms with Gasteiger partial charge in [0.15, 0.2) is 5.78 Å². The molecule has 0 aliphatic heterocycles. The van der Waals surface area contributed by atoms with Crippen LogP contribution in [0, 0.1) is 19.8 Å². The molecule has 0 aliphatic rings. The summed E-state index contributed by atoms with van der Waals surface area (Å²) >= 11 is 0. The molecule has 30 heavy (non-hydrogen) atoms. The predicted octanol–water partition coefficient (Wildman–Crippen LogP) is 3.78. The number of Topliss-reactive ketones (excluding diaryl/α,β-unsaturated/α-hetero) is 1. The number of carbonyl (C=O) groups is 3. The summed E-state index contributed by atoms with van der Waals surface area (Å²) in [5, 5.41) is 0. The summed E-state index contributed by atoms with van der Waals surface area (Å²) in [5.41, 5.74) is 2.24. The number of rotatable bonds is 12. The summed E-state index contributed by atoms with van der Waals surface area (Å²) in [6, 6.07) is -0.631. The van der Waals surface area contributed by atoms with Gasteiger partial charge in [-0.05, 0) is 52.5 Å². The monoisotopic (exact) mass is 422 g/mol. The number of ketones is 1. The highest BCUT2D eigenvalue weighted by molar-refractivity contribution is 6.06. The Morgan fingerprint density at radius 2 is 1.73 bits per heavy atom. The molecule has 1 atom stereocenters. The van der Waals surface area contributed by atoms with Crippen molar-refractivity contribution in [2.24, 2.45) is 5.92 Å². The second kappa shape index (κ2) is 11.9. The van der Waals surface area contributed by atoms with Gasteiger partial charge >= 0.3 is 5.97 Å². The molecule has 0 bridgehead atoms. The van der Waals surface area contributed by atoms with Crippen molar-refractivity contribution in [2.75, 3.05) is 26.9 Å². The van der Waals surface area contributed by atoms with Crippen molar-refractivity contribution >= 4 is 17.7 Å². The van der Waals surface area contributed by atoms with Crippen LogP contribution in [0.3, 0.4) is 0 Å². The third-order valence-corrected chi connectivity index (χ3v) is 5.30. The Balaban J connectivity index is 3.33. The minimum absolute atomic E-state index is 0.0437. The minimum Gasteiger partial charge on any atom is -0.461 e. The maximum Gasteiger partial charge on any atom is 0.355 e. The Labute approximate surface area is 180 Å². The molecule has 1 rings (SSSR count). The fourth-order valence-corrected chi connectivity index (χ4v) is 3.85. The normalized spacial score (nSPS) is 12.2. The summed E-state index contributed by atoms with van der Waals surface area (Å²) in [6.07, 6.45) is 1.03. The molecular formula is C23H38N2O5. The number of aromatic nitrogens is 1. The molecular weight excluding hydrogens is 384 g/mol. The zero-order valence-corrected chi connectivity index (χ0v) is 19.8. The van der Waals surface area contributed by atoms with Crippen LogP contribution in [-0.4, -0.2) is 60.0 Å². The Bertz CT molecular complexity index is 751. The minimum atomic E-state index is -0.631. The van der Waals surface area contributed by atoms with Gasteiger partial charge in [0, 0.05) is 44.5 Å². The van der Waals surface area contributed by atoms with Gasteiger partial charge in [0.05, 0.1) is 12.6 Å². The van der Waals surface area contributed by atoms with Gasteiger partial charge in [-0.1, -0.05) is 13.8 Å². The first-order valence-electron chi connectivity index (χ1n) is 10.8. The van der Waals surface area contributed by atoms with Crippen LogP contribution in [0.1, 0.15) is 79.6 Å². The molecule has 0 spiro atoms. The number of carbonyl (C=O) groups excluding carboxylic acids is 3. The van der Waals surface area contributed by atoms with Crippen LogP contribution >= 0.6 is 0 Å². The number of amides is 1. The summed E-state index contributed by atoms with van der Waals surface area (Å²) < 4.78 is 12.1. The highest BCUT2D eigenvalue weighted by Crippen LogP contribution is 2.26. The van der Waals surface area contributed by atoms with E-state index in [0.29, 0.717) is 49.4 Å². The second-order valence-corrected chi connectivity index (χ2v) is 7.97. The highest BCUT2D eigenvalue weighted by atomic mass is 16.5. The Morgan fingerprint density at radius 3 is 2.23 bits per heavy atom. The Hall–Kier alpha value is -2.15. The molecule has 0 saturated heterocycles. The van der Waals surface area contributed by atoms with E-state index in [1.54, 1.807) is 32.8 Å². The van der Waals surface area contributed by atoms with E-state index < -0.39 is 12.0 Å². The van der Waals surface area contributed by atoms with Crippen molar-refractivity contribution in [3.05, 3.63) is 22.5 Å². The number of methoxy groups -OCH3 is 1. The predicted molar refractivity (Wildman–Crippen MR) is 117 cm³/mol. The van der Waals surface area contributed by atoms with Gasteiger partial charge in [0.25, 0.3) is 0 Å². The van der Waals surface area contributed by atoms with E-state index in [4.69, 9.17) is 9.47 Å². The first kappa shape index (κ1) is 25.9. The topological polar surface area (TPSA) is 77.8 Å². The molecule has 0 fully saturated rings. The fourth-order valence-electron chi connectivity index (χ4n) is 3.85. The van der Waals surface area contributed by atoms with E-state index in [-0.39, 0.29) is 24.2 Å². The Kier molecular flexibility index (Phi) is 10.3.